The highest BCUT2D eigenvalue weighted by Gasteiger charge is 2.15. The van der Waals surface area contributed by atoms with Crippen LogP contribution in [0.15, 0.2) is 0 Å². The molecule has 1 rings (SSSR count). The highest BCUT2D eigenvalue weighted by molar-refractivity contribution is 4.69. The van der Waals surface area contributed by atoms with Crippen molar-refractivity contribution in [1.29, 1.82) is 0 Å². The minimum Gasteiger partial charge on any atom is -0.306 e. The highest BCUT2D eigenvalue weighted by atomic mass is 15.1. The summed E-state index contributed by atoms with van der Waals surface area (Å²) in [7, 11) is 2.23. The average molecular weight is 229 g/mol. The second kappa shape index (κ2) is 15.0. The minimum atomic E-state index is 1.05. The van der Waals surface area contributed by atoms with Crippen LogP contribution in [0.25, 0.3) is 0 Å². The maximum absolute atomic E-state index is 2.45. The number of hydrogen-bond acceptors (Lipinski definition) is 1. The summed E-state index contributed by atoms with van der Waals surface area (Å²) >= 11 is 0. The maximum atomic E-state index is 2.45. The third-order valence-electron chi connectivity index (χ3n) is 2.80. The normalized spacial score (nSPS) is 16.9. The Bertz CT molecular complexity index is 101. The zero-order valence-corrected chi connectivity index (χ0v) is 12.7. The molecule has 0 amide bonds. The number of hydrogen-bond donors (Lipinski definition) is 0. The standard InChI is InChI=1S/C10H21N.C3H8.C2H6/c1-3-4-5-10-6-8-11(2)9-7-10;1-3-2;1-2/h10H,3-9H2,1-2H3;3H2,1-2H3;1-2H3. The number of rotatable bonds is 3. The fraction of sp³-hybridized carbons (Fsp3) is 1.00. The first-order valence-electron chi connectivity index (χ1n) is 7.43. The van der Waals surface area contributed by atoms with Crippen LogP contribution >= 0.6 is 0 Å². The Morgan fingerprint density at radius 1 is 1.00 bits per heavy atom. The lowest BCUT2D eigenvalue weighted by molar-refractivity contribution is 0.210. The van der Waals surface area contributed by atoms with Crippen LogP contribution in [0.1, 0.15) is 73.1 Å². The first-order chi connectivity index (χ1) is 7.74. The van der Waals surface area contributed by atoms with Gasteiger partial charge in [-0.1, -0.05) is 60.3 Å². The molecule has 0 aliphatic carbocycles. The molecule has 0 unspecified atom stereocenters. The van der Waals surface area contributed by atoms with Gasteiger partial charge in [0.15, 0.2) is 0 Å². The molecule has 1 aliphatic heterocycles. The van der Waals surface area contributed by atoms with Gasteiger partial charge in [0.1, 0.15) is 0 Å². The van der Waals surface area contributed by atoms with Crippen LogP contribution in [0.2, 0.25) is 0 Å². The molecule has 0 saturated carbocycles. The van der Waals surface area contributed by atoms with E-state index < -0.39 is 0 Å². The van der Waals surface area contributed by atoms with Crippen molar-refractivity contribution < 1.29 is 0 Å². The van der Waals surface area contributed by atoms with Crippen molar-refractivity contribution in [2.45, 2.75) is 73.1 Å². The fourth-order valence-corrected chi connectivity index (χ4v) is 1.84. The van der Waals surface area contributed by atoms with Crippen LogP contribution in [-0.2, 0) is 0 Å². The van der Waals surface area contributed by atoms with Crippen LogP contribution < -0.4 is 0 Å². The van der Waals surface area contributed by atoms with Crippen LogP contribution in [-0.4, -0.2) is 25.0 Å². The topological polar surface area (TPSA) is 3.24 Å². The van der Waals surface area contributed by atoms with Gasteiger partial charge < -0.3 is 4.90 Å². The number of likely N-dealkylation sites (tertiary alicyclic amines) is 1. The van der Waals surface area contributed by atoms with Crippen molar-refractivity contribution in [1.82, 2.24) is 4.90 Å². The molecule has 0 radical (unpaired) electrons. The smallest absolute Gasteiger partial charge is 0.00191 e. The van der Waals surface area contributed by atoms with Gasteiger partial charge in [0, 0.05) is 0 Å². The molecule has 0 atom stereocenters. The SMILES string of the molecule is CC.CCC.CCCCC1CCN(C)CC1. The van der Waals surface area contributed by atoms with Crippen LogP contribution in [0.3, 0.4) is 0 Å². The Labute approximate surface area is 105 Å². The predicted molar refractivity (Wildman–Crippen MR) is 77.1 cm³/mol. The van der Waals surface area contributed by atoms with Gasteiger partial charge >= 0.3 is 0 Å². The molecule has 0 aromatic heterocycles. The lowest BCUT2D eigenvalue weighted by atomic mass is 9.92. The molecule has 1 heteroatoms. The van der Waals surface area contributed by atoms with Gasteiger partial charge in [0.2, 0.25) is 0 Å². The molecule has 0 aromatic rings. The third kappa shape index (κ3) is 12.0. The third-order valence-corrected chi connectivity index (χ3v) is 2.80. The van der Waals surface area contributed by atoms with Crippen molar-refractivity contribution in [2.24, 2.45) is 5.92 Å². The van der Waals surface area contributed by atoms with Crippen molar-refractivity contribution in [3.63, 3.8) is 0 Å². The van der Waals surface area contributed by atoms with Crippen molar-refractivity contribution in [3.8, 4) is 0 Å². The summed E-state index contributed by atoms with van der Waals surface area (Å²) in [5.74, 6) is 1.05. The van der Waals surface area contributed by atoms with Gasteiger partial charge in [0.25, 0.3) is 0 Å². The van der Waals surface area contributed by atoms with E-state index >= 15 is 0 Å². The first kappa shape index (κ1) is 18.3. The van der Waals surface area contributed by atoms with Crippen molar-refractivity contribution in [2.75, 3.05) is 20.1 Å². The van der Waals surface area contributed by atoms with Crippen LogP contribution in [0.4, 0.5) is 0 Å². The molecule has 16 heavy (non-hydrogen) atoms. The second-order valence-corrected chi connectivity index (χ2v) is 4.60. The number of nitrogens with zero attached hydrogens (tertiary/aromatic N) is 1. The monoisotopic (exact) mass is 229 g/mol. The Hall–Kier alpha value is -0.0400. The van der Waals surface area contributed by atoms with Gasteiger partial charge in [-0.15, -0.1) is 0 Å². The van der Waals surface area contributed by atoms with E-state index in [9.17, 15) is 0 Å². The van der Waals surface area contributed by atoms with E-state index in [1.807, 2.05) is 13.8 Å². The van der Waals surface area contributed by atoms with E-state index in [-0.39, 0.29) is 0 Å². The largest absolute Gasteiger partial charge is 0.306 e. The molecule has 0 aromatic carbocycles. The van der Waals surface area contributed by atoms with Crippen molar-refractivity contribution >= 4 is 0 Å². The Kier molecular flexibility index (Phi) is 17.1. The van der Waals surface area contributed by atoms with Crippen LogP contribution in [0, 0.1) is 5.92 Å². The molecule has 1 fully saturated rings. The van der Waals surface area contributed by atoms with Crippen molar-refractivity contribution in [3.05, 3.63) is 0 Å². The van der Waals surface area contributed by atoms with Gasteiger partial charge in [-0.05, 0) is 38.9 Å². The summed E-state index contributed by atoms with van der Waals surface area (Å²) in [4.78, 5) is 2.45. The molecule has 1 heterocycles. The fourth-order valence-electron chi connectivity index (χ4n) is 1.84. The molecule has 1 nitrogen and oxygen atoms in total. The van der Waals surface area contributed by atoms with E-state index in [1.54, 1.807) is 0 Å². The quantitative estimate of drug-likeness (QED) is 0.661. The molecule has 1 aliphatic rings. The first-order valence-corrected chi connectivity index (χ1v) is 7.43. The van der Waals surface area contributed by atoms with Crippen LogP contribution in [0.5, 0.6) is 0 Å². The molecule has 100 valence electrons. The lowest BCUT2D eigenvalue weighted by Crippen LogP contribution is -2.30. The predicted octanol–water partition coefficient (Wildman–Crippen LogP) is 4.96. The number of piperidine rings is 1. The summed E-state index contributed by atoms with van der Waals surface area (Å²) in [6, 6.07) is 0. The Morgan fingerprint density at radius 3 is 1.81 bits per heavy atom. The van der Waals surface area contributed by atoms with E-state index in [1.165, 1.54) is 51.6 Å². The zero-order valence-electron chi connectivity index (χ0n) is 12.7. The summed E-state index contributed by atoms with van der Waals surface area (Å²) in [6.07, 6.45) is 8.41. The molecular weight excluding hydrogens is 194 g/mol. The number of unbranched alkanes of at least 4 members (excludes halogenated alkanes) is 1. The summed E-state index contributed by atoms with van der Waals surface area (Å²) in [5, 5.41) is 0. The van der Waals surface area contributed by atoms with E-state index in [0.29, 0.717) is 0 Å². The van der Waals surface area contributed by atoms with Gasteiger partial charge in [0.05, 0.1) is 0 Å². The van der Waals surface area contributed by atoms with Gasteiger partial charge in [-0.2, -0.15) is 0 Å². The molecule has 0 N–H and O–H groups in total. The summed E-state index contributed by atoms with van der Waals surface area (Å²) in [5.41, 5.74) is 0. The average Bonchev–Trinajstić information content (AvgIpc) is 2.32. The molecule has 1 saturated heterocycles. The van der Waals surface area contributed by atoms with E-state index in [4.69, 9.17) is 0 Å². The summed E-state index contributed by atoms with van der Waals surface area (Å²) < 4.78 is 0. The molecule has 0 spiro atoms. The van der Waals surface area contributed by atoms with E-state index in [2.05, 4.69) is 32.7 Å². The minimum absolute atomic E-state index is 1.05. The lowest BCUT2D eigenvalue weighted by Gasteiger charge is -2.28. The molecular formula is C15H35N. The van der Waals surface area contributed by atoms with E-state index in [0.717, 1.165) is 5.92 Å². The maximum Gasteiger partial charge on any atom is -0.00191 e. The van der Waals surface area contributed by atoms with Gasteiger partial charge in [-0.3, -0.25) is 0 Å². The molecule has 0 bridgehead atoms. The van der Waals surface area contributed by atoms with Gasteiger partial charge in [-0.25, -0.2) is 0 Å². The Balaban J connectivity index is 0. The zero-order chi connectivity index (χ0) is 12.8. The summed E-state index contributed by atoms with van der Waals surface area (Å²) in [6.45, 7) is 13.2. The second-order valence-electron chi connectivity index (χ2n) is 4.60. The Morgan fingerprint density at radius 2 is 1.44 bits per heavy atom. The highest BCUT2D eigenvalue weighted by Crippen LogP contribution is 2.21.